The fraction of sp³-hybridized carbons (Fsp3) is 0.429. The lowest BCUT2D eigenvalue weighted by Gasteiger charge is -2.30. The molecule has 1 aliphatic rings. The van der Waals surface area contributed by atoms with Gasteiger partial charge in [-0.15, -0.1) is 0 Å². The maximum atomic E-state index is 11.2. The number of hydrogen-bond acceptors (Lipinski definition) is 4. The third-order valence-corrected chi connectivity index (χ3v) is 5.09. The van der Waals surface area contributed by atoms with Crippen LogP contribution in [-0.4, -0.2) is 24.0 Å². The molecule has 0 atom stereocenters. The highest BCUT2D eigenvalue weighted by Gasteiger charge is 2.25. The first-order valence-corrected chi connectivity index (χ1v) is 7.85. The summed E-state index contributed by atoms with van der Waals surface area (Å²) in [6.07, 6.45) is 1.62. The Morgan fingerprint density at radius 2 is 2.15 bits per heavy atom. The van der Waals surface area contributed by atoms with Crippen LogP contribution in [0.1, 0.15) is 18.4 Å². The van der Waals surface area contributed by atoms with Crippen molar-refractivity contribution in [1.29, 1.82) is 0 Å². The molecule has 0 unspecified atom stereocenters. The Labute approximate surface area is 126 Å². The Hall–Kier alpha value is -1.33. The standard InChI is InChI=1S/C14H16ClN3OS/c1-8-6-10(15)7-11-12(8)17-14(20-11)18-4-2-9(3-5-18)13(16)19/h6-7,9H,2-5H2,1H3,(H2,16,19). The number of amides is 1. The summed E-state index contributed by atoms with van der Waals surface area (Å²) in [4.78, 5) is 18.1. The van der Waals surface area contributed by atoms with Gasteiger partial charge in [0.05, 0.1) is 10.2 Å². The molecule has 4 nitrogen and oxygen atoms in total. The minimum absolute atomic E-state index is 0.0109. The van der Waals surface area contributed by atoms with Gasteiger partial charge in [0.1, 0.15) is 0 Å². The first-order chi connectivity index (χ1) is 9.54. The highest BCUT2D eigenvalue weighted by Crippen LogP contribution is 2.34. The third kappa shape index (κ3) is 2.47. The molecule has 2 N–H and O–H groups in total. The average Bonchev–Trinajstić information content (AvgIpc) is 2.83. The monoisotopic (exact) mass is 309 g/mol. The molecule has 1 fully saturated rings. The first kappa shape index (κ1) is 13.6. The number of aryl methyl sites for hydroxylation is 1. The Balaban J connectivity index is 1.85. The summed E-state index contributed by atoms with van der Waals surface area (Å²) >= 11 is 7.74. The molecule has 106 valence electrons. The van der Waals surface area contributed by atoms with E-state index in [1.807, 2.05) is 19.1 Å². The van der Waals surface area contributed by atoms with E-state index in [9.17, 15) is 4.79 Å². The number of hydrogen-bond donors (Lipinski definition) is 1. The second kappa shape index (κ2) is 5.22. The summed E-state index contributed by atoms with van der Waals surface area (Å²) in [6, 6.07) is 3.90. The predicted octanol–water partition coefficient (Wildman–Crippen LogP) is 2.96. The normalized spacial score (nSPS) is 16.8. The smallest absolute Gasteiger partial charge is 0.220 e. The van der Waals surface area contributed by atoms with Gasteiger partial charge in [0.25, 0.3) is 0 Å². The van der Waals surface area contributed by atoms with E-state index in [0.717, 1.165) is 51.9 Å². The minimum Gasteiger partial charge on any atom is -0.369 e. The molecule has 3 rings (SSSR count). The molecule has 0 bridgehead atoms. The molecule has 6 heteroatoms. The van der Waals surface area contributed by atoms with Crippen molar-refractivity contribution in [1.82, 2.24) is 4.98 Å². The minimum atomic E-state index is -0.184. The van der Waals surface area contributed by atoms with Crippen molar-refractivity contribution in [3.05, 3.63) is 22.7 Å². The Morgan fingerprint density at radius 3 is 2.80 bits per heavy atom. The second-order valence-electron chi connectivity index (χ2n) is 5.23. The number of nitrogens with two attached hydrogens (primary N) is 1. The molecule has 0 radical (unpaired) electrons. The van der Waals surface area contributed by atoms with Crippen LogP contribution in [0.5, 0.6) is 0 Å². The number of rotatable bonds is 2. The van der Waals surface area contributed by atoms with Crippen molar-refractivity contribution in [2.45, 2.75) is 19.8 Å². The van der Waals surface area contributed by atoms with Crippen LogP contribution in [0, 0.1) is 12.8 Å². The summed E-state index contributed by atoms with van der Waals surface area (Å²) < 4.78 is 1.11. The zero-order valence-corrected chi connectivity index (χ0v) is 12.8. The van der Waals surface area contributed by atoms with Crippen molar-refractivity contribution >= 4 is 44.2 Å². The Morgan fingerprint density at radius 1 is 1.45 bits per heavy atom. The van der Waals surface area contributed by atoms with E-state index in [1.165, 1.54) is 0 Å². The number of halogens is 1. The molecule has 1 amide bonds. The zero-order valence-electron chi connectivity index (χ0n) is 11.2. The number of nitrogens with zero attached hydrogens (tertiary/aromatic N) is 2. The maximum Gasteiger partial charge on any atom is 0.220 e. The number of thiazole rings is 1. The summed E-state index contributed by atoms with van der Waals surface area (Å²) in [6.45, 7) is 3.69. The van der Waals surface area contributed by atoms with Gasteiger partial charge < -0.3 is 10.6 Å². The van der Waals surface area contributed by atoms with Gasteiger partial charge in [-0.2, -0.15) is 0 Å². The van der Waals surface area contributed by atoms with Crippen molar-refractivity contribution in [3.63, 3.8) is 0 Å². The molecule has 1 aromatic carbocycles. The third-order valence-electron chi connectivity index (χ3n) is 3.81. The predicted molar refractivity (Wildman–Crippen MR) is 83.5 cm³/mol. The van der Waals surface area contributed by atoms with Gasteiger partial charge in [0, 0.05) is 24.0 Å². The van der Waals surface area contributed by atoms with Crippen molar-refractivity contribution in [2.24, 2.45) is 11.7 Å². The molecule has 0 spiro atoms. The largest absolute Gasteiger partial charge is 0.369 e. The molecule has 1 saturated heterocycles. The number of piperidine rings is 1. The summed E-state index contributed by atoms with van der Waals surface area (Å²) in [5.41, 5.74) is 7.48. The van der Waals surface area contributed by atoms with E-state index < -0.39 is 0 Å². The van der Waals surface area contributed by atoms with Crippen LogP contribution in [0.2, 0.25) is 5.02 Å². The quantitative estimate of drug-likeness (QED) is 0.928. The number of fused-ring (bicyclic) bond motifs is 1. The fourth-order valence-electron chi connectivity index (χ4n) is 2.63. The van der Waals surface area contributed by atoms with Gasteiger partial charge in [-0.3, -0.25) is 4.79 Å². The highest BCUT2D eigenvalue weighted by molar-refractivity contribution is 7.22. The van der Waals surface area contributed by atoms with Crippen molar-refractivity contribution < 1.29 is 4.79 Å². The molecule has 1 aliphatic heterocycles. The van der Waals surface area contributed by atoms with Gasteiger partial charge in [0.15, 0.2) is 5.13 Å². The van der Waals surface area contributed by atoms with Gasteiger partial charge in [-0.05, 0) is 37.5 Å². The molecule has 2 aromatic rings. The average molecular weight is 310 g/mol. The SMILES string of the molecule is Cc1cc(Cl)cc2sc(N3CCC(C(N)=O)CC3)nc12. The lowest BCUT2D eigenvalue weighted by atomic mass is 9.97. The number of benzene rings is 1. The van der Waals surface area contributed by atoms with Crippen LogP contribution in [0.3, 0.4) is 0 Å². The van der Waals surface area contributed by atoms with E-state index in [2.05, 4.69) is 4.90 Å². The topological polar surface area (TPSA) is 59.2 Å². The first-order valence-electron chi connectivity index (χ1n) is 6.65. The van der Waals surface area contributed by atoms with E-state index in [0.29, 0.717) is 0 Å². The van der Waals surface area contributed by atoms with Crippen LogP contribution in [0.15, 0.2) is 12.1 Å². The molecule has 2 heterocycles. The number of anilines is 1. The van der Waals surface area contributed by atoms with Crippen LogP contribution in [0.4, 0.5) is 5.13 Å². The van der Waals surface area contributed by atoms with E-state index in [4.69, 9.17) is 22.3 Å². The molecule has 1 aromatic heterocycles. The van der Waals surface area contributed by atoms with E-state index in [1.54, 1.807) is 11.3 Å². The summed E-state index contributed by atoms with van der Waals surface area (Å²) in [7, 11) is 0. The number of carbonyl (C=O) groups excluding carboxylic acids is 1. The van der Waals surface area contributed by atoms with Crippen molar-refractivity contribution in [2.75, 3.05) is 18.0 Å². The fourth-order valence-corrected chi connectivity index (χ4v) is 4.11. The highest BCUT2D eigenvalue weighted by atomic mass is 35.5. The van der Waals surface area contributed by atoms with Gasteiger partial charge in [0.2, 0.25) is 5.91 Å². The Kier molecular flexibility index (Phi) is 3.56. The number of aromatic nitrogens is 1. The maximum absolute atomic E-state index is 11.2. The number of primary amides is 1. The summed E-state index contributed by atoms with van der Waals surface area (Å²) in [5.74, 6) is -0.173. The lowest BCUT2D eigenvalue weighted by Crippen LogP contribution is -2.38. The molecule has 0 aliphatic carbocycles. The van der Waals surface area contributed by atoms with Crippen LogP contribution >= 0.6 is 22.9 Å². The molecule has 20 heavy (non-hydrogen) atoms. The molecule has 0 saturated carbocycles. The van der Waals surface area contributed by atoms with Gasteiger partial charge >= 0.3 is 0 Å². The van der Waals surface area contributed by atoms with Crippen LogP contribution < -0.4 is 10.6 Å². The zero-order chi connectivity index (χ0) is 14.3. The van der Waals surface area contributed by atoms with Crippen molar-refractivity contribution in [3.8, 4) is 0 Å². The lowest BCUT2D eigenvalue weighted by molar-refractivity contribution is -0.122. The Bertz CT molecular complexity index is 662. The summed E-state index contributed by atoms with van der Waals surface area (Å²) in [5, 5.41) is 1.76. The van der Waals surface area contributed by atoms with Crippen LogP contribution in [0.25, 0.3) is 10.2 Å². The van der Waals surface area contributed by atoms with Gasteiger partial charge in [-0.25, -0.2) is 4.98 Å². The van der Waals surface area contributed by atoms with Crippen LogP contribution in [-0.2, 0) is 4.79 Å². The van der Waals surface area contributed by atoms with E-state index in [-0.39, 0.29) is 11.8 Å². The second-order valence-corrected chi connectivity index (χ2v) is 6.68. The molecular weight excluding hydrogens is 294 g/mol. The number of carbonyl (C=O) groups is 1. The molecular formula is C14H16ClN3OS. The van der Waals surface area contributed by atoms with E-state index >= 15 is 0 Å². The van der Waals surface area contributed by atoms with Gasteiger partial charge in [-0.1, -0.05) is 22.9 Å².